The van der Waals surface area contributed by atoms with Gasteiger partial charge in [0.25, 0.3) is 11.8 Å². The SMILES string of the molecule is CCN(CC)C(=O)c1cncc(C(=O)Nc2cccc(F)c2)c1. The Morgan fingerprint density at radius 1 is 1.13 bits per heavy atom. The predicted octanol–water partition coefficient (Wildman–Crippen LogP) is 2.96. The summed E-state index contributed by atoms with van der Waals surface area (Å²) in [6.45, 7) is 4.93. The summed E-state index contributed by atoms with van der Waals surface area (Å²) < 4.78 is 13.1. The monoisotopic (exact) mass is 315 g/mol. The lowest BCUT2D eigenvalue weighted by molar-refractivity contribution is 0.0772. The highest BCUT2D eigenvalue weighted by Gasteiger charge is 2.15. The molecule has 0 radical (unpaired) electrons. The number of carbonyl (C=O) groups is 2. The van der Waals surface area contributed by atoms with Crippen LogP contribution in [0.25, 0.3) is 0 Å². The molecule has 0 aliphatic carbocycles. The Balaban J connectivity index is 2.19. The van der Waals surface area contributed by atoms with Gasteiger partial charge < -0.3 is 10.2 Å². The lowest BCUT2D eigenvalue weighted by atomic mass is 10.1. The molecule has 0 unspecified atom stereocenters. The molecule has 2 amide bonds. The summed E-state index contributed by atoms with van der Waals surface area (Å²) in [6.07, 6.45) is 2.80. The van der Waals surface area contributed by atoms with Crippen molar-refractivity contribution in [3.63, 3.8) is 0 Å². The topological polar surface area (TPSA) is 62.3 Å². The van der Waals surface area contributed by atoms with E-state index in [0.717, 1.165) is 0 Å². The van der Waals surface area contributed by atoms with E-state index < -0.39 is 11.7 Å². The third kappa shape index (κ3) is 4.12. The van der Waals surface area contributed by atoms with E-state index >= 15 is 0 Å². The highest BCUT2D eigenvalue weighted by atomic mass is 19.1. The van der Waals surface area contributed by atoms with Crippen molar-refractivity contribution in [1.82, 2.24) is 9.88 Å². The first-order chi connectivity index (χ1) is 11.0. The second-order valence-corrected chi connectivity index (χ2v) is 4.90. The molecule has 0 saturated carbocycles. The number of pyridine rings is 1. The summed E-state index contributed by atoms with van der Waals surface area (Å²) in [6, 6.07) is 7.09. The maximum Gasteiger partial charge on any atom is 0.257 e. The number of nitrogens with one attached hydrogen (secondary N) is 1. The van der Waals surface area contributed by atoms with Crippen LogP contribution in [0.4, 0.5) is 10.1 Å². The van der Waals surface area contributed by atoms with Gasteiger partial charge in [0.2, 0.25) is 0 Å². The van der Waals surface area contributed by atoms with Gasteiger partial charge in [-0.25, -0.2) is 4.39 Å². The van der Waals surface area contributed by atoms with Gasteiger partial charge in [0.05, 0.1) is 11.1 Å². The molecule has 0 aliphatic heterocycles. The van der Waals surface area contributed by atoms with Crippen LogP contribution in [0, 0.1) is 5.82 Å². The van der Waals surface area contributed by atoms with Gasteiger partial charge >= 0.3 is 0 Å². The summed E-state index contributed by atoms with van der Waals surface area (Å²) >= 11 is 0. The van der Waals surface area contributed by atoms with Gasteiger partial charge in [-0.2, -0.15) is 0 Å². The molecule has 1 aromatic heterocycles. The maximum absolute atomic E-state index is 13.1. The lowest BCUT2D eigenvalue weighted by Crippen LogP contribution is -2.30. The number of halogens is 1. The molecule has 0 atom stereocenters. The van der Waals surface area contributed by atoms with Crippen molar-refractivity contribution in [1.29, 1.82) is 0 Å². The molecule has 0 spiro atoms. The normalized spacial score (nSPS) is 10.2. The third-order valence-corrected chi connectivity index (χ3v) is 3.38. The first kappa shape index (κ1) is 16.6. The molecule has 0 aliphatic rings. The lowest BCUT2D eigenvalue weighted by Gasteiger charge is -2.18. The van der Waals surface area contributed by atoms with E-state index in [1.807, 2.05) is 13.8 Å². The van der Waals surface area contributed by atoms with E-state index in [1.54, 1.807) is 11.0 Å². The van der Waals surface area contributed by atoms with Crippen LogP contribution in [-0.4, -0.2) is 34.8 Å². The summed E-state index contributed by atoms with van der Waals surface area (Å²) in [7, 11) is 0. The largest absolute Gasteiger partial charge is 0.339 e. The zero-order valence-electron chi connectivity index (χ0n) is 13.0. The number of benzene rings is 1. The maximum atomic E-state index is 13.1. The molecule has 2 rings (SSSR count). The number of anilines is 1. The van der Waals surface area contributed by atoms with E-state index in [1.165, 1.54) is 36.7 Å². The molecule has 1 heterocycles. The standard InChI is InChI=1S/C17H18FN3O2/c1-3-21(4-2)17(23)13-8-12(10-19-11-13)16(22)20-15-7-5-6-14(18)9-15/h5-11H,3-4H2,1-2H3,(H,20,22). The molecule has 0 saturated heterocycles. The van der Waals surface area contributed by atoms with Crippen molar-refractivity contribution in [2.75, 3.05) is 18.4 Å². The van der Waals surface area contributed by atoms with Crippen LogP contribution in [0.3, 0.4) is 0 Å². The number of hydrogen-bond donors (Lipinski definition) is 1. The Labute approximate surface area is 134 Å². The van der Waals surface area contributed by atoms with Crippen LogP contribution in [0.5, 0.6) is 0 Å². The van der Waals surface area contributed by atoms with Crippen LogP contribution < -0.4 is 5.32 Å². The van der Waals surface area contributed by atoms with Crippen molar-refractivity contribution in [2.45, 2.75) is 13.8 Å². The van der Waals surface area contributed by atoms with Gasteiger partial charge in [-0.15, -0.1) is 0 Å². The van der Waals surface area contributed by atoms with Gasteiger partial charge in [0, 0.05) is 31.2 Å². The quantitative estimate of drug-likeness (QED) is 0.922. The molecule has 5 nitrogen and oxygen atoms in total. The first-order valence-corrected chi connectivity index (χ1v) is 7.36. The second kappa shape index (κ2) is 7.49. The zero-order chi connectivity index (χ0) is 16.8. The minimum absolute atomic E-state index is 0.178. The van der Waals surface area contributed by atoms with Crippen LogP contribution in [0.15, 0.2) is 42.7 Å². The highest BCUT2D eigenvalue weighted by Crippen LogP contribution is 2.12. The number of rotatable bonds is 5. The van der Waals surface area contributed by atoms with Gasteiger partial charge in [0.15, 0.2) is 0 Å². The number of aromatic nitrogens is 1. The number of hydrogen-bond acceptors (Lipinski definition) is 3. The fraction of sp³-hybridized carbons (Fsp3) is 0.235. The Morgan fingerprint density at radius 3 is 2.48 bits per heavy atom. The third-order valence-electron chi connectivity index (χ3n) is 3.38. The van der Waals surface area contributed by atoms with Crippen molar-refractivity contribution in [3.8, 4) is 0 Å². The molecule has 120 valence electrons. The molecular weight excluding hydrogens is 297 g/mol. The van der Waals surface area contributed by atoms with Crippen LogP contribution in [0.1, 0.15) is 34.6 Å². The van der Waals surface area contributed by atoms with Gasteiger partial charge in [-0.05, 0) is 38.1 Å². The molecule has 1 N–H and O–H groups in total. The van der Waals surface area contributed by atoms with E-state index in [9.17, 15) is 14.0 Å². The van der Waals surface area contributed by atoms with Crippen molar-refractivity contribution in [3.05, 3.63) is 59.7 Å². The van der Waals surface area contributed by atoms with Gasteiger partial charge in [-0.1, -0.05) is 6.07 Å². The molecule has 1 aromatic carbocycles. The molecule has 2 aromatic rings. The Kier molecular flexibility index (Phi) is 5.41. The average molecular weight is 315 g/mol. The van der Waals surface area contributed by atoms with Crippen molar-refractivity contribution >= 4 is 17.5 Å². The average Bonchev–Trinajstić information content (AvgIpc) is 2.56. The summed E-state index contributed by atoms with van der Waals surface area (Å²) in [5.41, 5.74) is 0.934. The van der Waals surface area contributed by atoms with Crippen molar-refractivity contribution < 1.29 is 14.0 Å². The number of carbonyl (C=O) groups excluding carboxylic acids is 2. The van der Waals surface area contributed by atoms with Gasteiger partial charge in [0.1, 0.15) is 5.82 Å². The Hall–Kier alpha value is -2.76. The summed E-state index contributed by atoms with van der Waals surface area (Å²) in [5.74, 6) is -1.06. The molecule has 6 heteroatoms. The van der Waals surface area contributed by atoms with E-state index in [4.69, 9.17) is 0 Å². The summed E-state index contributed by atoms with van der Waals surface area (Å²) in [4.78, 5) is 30.1. The zero-order valence-corrected chi connectivity index (χ0v) is 13.0. The minimum atomic E-state index is -0.447. The molecule has 23 heavy (non-hydrogen) atoms. The highest BCUT2D eigenvalue weighted by molar-refractivity contribution is 6.05. The van der Waals surface area contributed by atoms with Crippen LogP contribution >= 0.6 is 0 Å². The second-order valence-electron chi connectivity index (χ2n) is 4.90. The Morgan fingerprint density at radius 2 is 1.83 bits per heavy atom. The fourth-order valence-corrected chi connectivity index (χ4v) is 2.14. The first-order valence-electron chi connectivity index (χ1n) is 7.36. The van der Waals surface area contributed by atoms with E-state index in [-0.39, 0.29) is 11.5 Å². The summed E-state index contributed by atoms with van der Waals surface area (Å²) in [5, 5.41) is 2.58. The van der Waals surface area contributed by atoms with E-state index in [0.29, 0.717) is 24.3 Å². The Bertz CT molecular complexity index is 714. The van der Waals surface area contributed by atoms with Crippen molar-refractivity contribution in [2.24, 2.45) is 0 Å². The molecule has 0 fully saturated rings. The smallest absolute Gasteiger partial charge is 0.257 e. The fourth-order valence-electron chi connectivity index (χ4n) is 2.14. The van der Waals surface area contributed by atoms with E-state index in [2.05, 4.69) is 10.3 Å². The van der Waals surface area contributed by atoms with Crippen LogP contribution in [-0.2, 0) is 0 Å². The predicted molar refractivity (Wildman–Crippen MR) is 85.8 cm³/mol. The van der Waals surface area contributed by atoms with Crippen LogP contribution in [0.2, 0.25) is 0 Å². The number of amides is 2. The number of nitrogens with zero attached hydrogens (tertiary/aromatic N) is 2. The van der Waals surface area contributed by atoms with Gasteiger partial charge in [-0.3, -0.25) is 14.6 Å². The molecule has 0 bridgehead atoms. The minimum Gasteiger partial charge on any atom is -0.339 e. The molecular formula is C17H18FN3O2.